The molecule has 0 radical (unpaired) electrons. The van der Waals surface area contributed by atoms with E-state index in [1.54, 1.807) is 31.2 Å². The number of aromatic nitrogens is 2. The largest absolute Gasteiger partial charge is 0.394 e. The molecule has 2 heterocycles. The quantitative estimate of drug-likeness (QED) is 0.742. The van der Waals surface area contributed by atoms with Crippen LogP contribution in [0.25, 0.3) is 5.69 Å². The van der Waals surface area contributed by atoms with Crippen LogP contribution >= 0.6 is 23.2 Å². The number of hydrogen-bond acceptors (Lipinski definition) is 5. The third-order valence-electron chi connectivity index (χ3n) is 5.30. The minimum atomic E-state index is -0.631. The molecule has 1 aliphatic heterocycles. The summed E-state index contributed by atoms with van der Waals surface area (Å²) in [5, 5.41) is 19.2. The smallest absolute Gasteiger partial charge is 0.260 e. The van der Waals surface area contributed by atoms with Crippen LogP contribution in [0.5, 0.6) is 0 Å². The summed E-state index contributed by atoms with van der Waals surface area (Å²) >= 11 is 12.4. The number of hydrogen-bond donors (Lipinski definition) is 2. The van der Waals surface area contributed by atoms with Gasteiger partial charge in [0.1, 0.15) is 11.6 Å². The van der Waals surface area contributed by atoms with Crippen molar-refractivity contribution in [1.29, 1.82) is 0 Å². The Balaban J connectivity index is 1.74. The van der Waals surface area contributed by atoms with E-state index in [4.69, 9.17) is 28.3 Å². The molecule has 0 unspecified atom stereocenters. The van der Waals surface area contributed by atoms with Gasteiger partial charge in [-0.05, 0) is 50.7 Å². The highest BCUT2D eigenvalue weighted by Gasteiger charge is 2.22. The molecule has 1 saturated heterocycles. The topological polar surface area (TPSA) is 78.6 Å². The first kappa shape index (κ1) is 21.1. The average molecular weight is 426 g/mol. The Labute approximate surface area is 174 Å². The van der Waals surface area contributed by atoms with Gasteiger partial charge < -0.3 is 15.1 Å². The molecule has 2 aromatic rings. The first-order valence-corrected chi connectivity index (χ1v) is 10.2. The van der Waals surface area contributed by atoms with Crippen LogP contribution in [-0.2, 0) is 0 Å². The van der Waals surface area contributed by atoms with Gasteiger partial charge in [0, 0.05) is 19.2 Å². The maximum Gasteiger partial charge on any atom is 0.260 e. The van der Waals surface area contributed by atoms with Crippen LogP contribution in [0.1, 0.15) is 31.5 Å². The zero-order chi connectivity index (χ0) is 20.3. The van der Waals surface area contributed by atoms with Gasteiger partial charge in [0.15, 0.2) is 0 Å². The van der Waals surface area contributed by atoms with Crippen molar-refractivity contribution < 1.29 is 10.2 Å². The molecule has 1 atom stereocenters. The van der Waals surface area contributed by atoms with Gasteiger partial charge in [-0.15, -0.1) is 0 Å². The van der Waals surface area contributed by atoms with Crippen LogP contribution in [0, 0.1) is 12.8 Å². The lowest BCUT2D eigenvalue weighted by Gasteiger charge is -2.33. The Morgan fingerprint density at radius 3 is 2.64 bits per heavy atom. The van der Waals surface area contributed by atoms with Crippen LogP contribution in [0.3, 0.4) is 0 Å². The first-order valence-electron chi connectivity index (χ1n) is 9.49. The summed E-state index contributed by atoms with van der Waals surface area (Å²) in [6, 6.07) is 6.72. The molecule has 1 aliphatic rings. The molecule has 1 fully saturated rings. The lowest BCUT2D eigenvalue weighted by Crippen LogP contribution is -2.36. The number of benzene rings is 1. The van der Waals surface area contributed by atoms with Crippen molar-refractivity contribution in [3.8, 4) is 5.69 Å². The highest BCUT2D eigenvalue weighted by molar-refractivity contribution is 6.43. The number of rotatable bonds is 6. The SMILES string of the molecule is Cc1nc(N2CCC(CC[C@H](O)CO)CC2)cc(=O)n1-c1cccc(Cl)c1Cl. The van der Waals surface area contributed by atoms with Gasteiger partial charge in [-0.1, -0.05) is 29.3 Å². The van der Waals surface area contributed by atoms with E-state index in [2.05, 4.69) is 9.88 Å². The maximum atomic E-state index is 12.8. The normalized spacial score (nSPS) is 16.4. The van der Waals surface area contributed by atoms with Crippen molar-refractivity contribution >= 4 is 29.0 Å². The fourth-order valence-electron chi connectivity index (χ4n) is 3.67. The van der Waals surface area contributed by atoms with Crippen molar-refractivity contribution in [2.24, 2.45) is 5.92 Å². The molecule has 1 aromatic heterocycles. The number of nitrogens with zero attached hydrogens (tertiary/aromatic N) is 3. The van der Waals surface area contributed by atoms with Crippen LogP contribution < -0.4 is 10.5 Å². The fraction of sp³-hybridized carbons (Fsp3) is 0.500. The van der Waals surface area contributed by atoms with Gasteiger partial charge in [0.05, 0.1) is 28.4 Å². The van der Waals surface area contributed by atoms with Crippen LogP contribution in [0.15, 0.2) is 29.1 Å². The molecule has 3 rings (SSSR count). The van der Waals surface area contributed by atoms with Crippen LogP contribution in [0.2, 0.25) is 10.0 Å². The van der Waals surface area contributed by atoms with E-state index in [-0.39, 0.29) is 12.2 Å². The molecule has 28 heavy (non-hydrogen) atoms. The number of aliphatic hydroxyl groups excluding tert-OH is 2. The number of aryl methyl sites for hydroxylation is 1. The van der Waals surface area contributed by atoms with Crippen LogP contribution in [0.4, 0.5) is 5.82 Å². The lowest BCUT2D eigenvalue weighted by atomic mass is 9.91. The minimum Gasteiger partial charge on any atom is -0.394 e. The Hall–Kier alpha value is -1.60. The third kappa shape index (κ3) is 4.69. The summed E-state index contributed by atoms with van der Waals surface area (Å²) in [5.74, 6) is 1.75. The average Bonchev–Trinajstić information content (AvgIpc) is 2.69. The van der Waals surface area contributed by atoms with E-state index >= 15 is 0 Å². The Kier molecular flexibility index (Phi) is 6.99. The maximum absolute atomic E-state index is 12.8. The Morgan fingerprint density at radius 2 is 2.00 bits per heavy atom. The Morgan fingerprint density at radius 1 is 1.29 bits per heavy atom. The highest BCUT2D eigenvalue weighted by Crippen LogP contribution is 2.29. The zero-order valence-corrected chi connectivity index (χ0v) is 17.3. The monoisotopic (exact) mass is 425 g/mol. The fourth-order valence-corrected chi connectivity index (χ4v) is 4.05. The molecule has 1 aromatic carbocycles. The van der Waals surface area contributed by atoms with Gasteiger partial charge in [0.25, 0.3) is 5.56 Å². The Bertz CT molecular complexity index is 879. The van der Waals surface area contributed by atoms with Gasteiger partial charge in [-0.25, -0.2) is 4.98 Å². The molecule has 0 bridgehead atoms. The van der Waals surface area contributed by atoms with Crippen molar-refractivity contribution in [2.45, 2.75) is 38.7 Å². The molecule has 6 nitrogen and oxygen atoms in total. The number of halogens is 2. The second kappa shape index (κ2) is 9.27. The van der Waals surface area contributed by atoms with E-state index in [1.807, 2.05) is 0 Å². The number of aliphatic hydroxyl groups is 2. The van der Waals surface area contributed by atoms with E-state index < -0.39 is 6.10 Å². The molecule has 8 heteroatoms. The predicted octanol–water partition coefficient (Wildman–Crippen LogP) is 3.20. The minimum absolute atomic E-state index is 0.186. The summed E-state index contributed by atoms with van der Waals surface area (Å²) in [6.07, 6.45) is 2.84. The molecule has 2 N–H and O–H groups in total. The van der Waals surface area contributed by atoms with E-state index in [0.29, 0.717) is 39.7 Å². The second-order valence-electron chi connectivity index (χ2n) is 7.25. The van der Waals surface area contributed by atoms with Crippen molar-refractivity contribution in [3.63, 3.8) is 0 Å². The third-order valence-corrected chi connectivity index (χ3v) is 6.11. The predicted molar refractivity (Wildman–Crippen MR) is 112 cm³/mol. The van der Waals surface area contributed by atoms with Gasteiger partial charge >= 0.3 is 0 Å². The van der Waals surface area contributed by atoms with Crippen molar-refractivity contribution in [1.82, 2.24) is 9.55 Å². The van der Waals surface area contributed by atoms with Crippen molar-refractivity contribution in [2.75, 3.05) is 24.6 Å². The summed E-state index contributed by atoms with van der Waals surface area (Å²) in [4.78, 5) is 19.5. The van der Waals surface area contributed by atoms with Gasteiger partial charge in [-0.3, -0.25) is 9.36 Å². The zero-order valence-electron chi connectivity index (χ0n) is 15.8. The molecule has 0 aliphatic carbocycles. The molecule has 0 spiro atoms. The molecule has 0 saturated carbocycles. The van der Waals surface area contributed by atoms with Gasteiger partial charge in [0.2, 0.25) is 0 Å². The van der Waals surface area contributed by atoms with E-state index in [1.165, 1.54) is 4.57 Å². The molecular formula is C20H25Cl2N3O3. The molecule has 152 valence electrons. The standard InChI is InChI=1S/C20H25Cl2N3O3/c1-13-23-18(24-9-7-14(8-10-24)5-6-15(27)12-26)11-19(28)25(13)17-4-2-3-16(21)20(17)22/h2-4,11,14-15,26-27H,5-10,12H2,1H3/t15-/m0/s1. The van der Waals surface area contributed by atoms with Gasteiger partial charge in [-0.2, -0.15) is 0 Å². The summed E-state index contributed by atoms with van der Waals surface area (Å²) in [7, 11) is 0. The number of anilines is 1. The summed E-state index contributed by atoms with van der Waals surface area (Å²) in [5.41, 5.74) is 0.330. The van der Waals surface area contributed by atoms with Crippen LogP contribution in [-0.4, -0.2) is 45.6 Å². The first-order chi connectivity index (χ1) is 13.4. The van der Waals surface area contributed by atoms with E-state index in [0.717, 1.165) is 32.4 Å². The number of piperidine rings is 1. The highest BCUT2D eigenvalue weighted by atomic mass is 35.5. The van der Waals surface area contributed by atoms with E-state index in [9.17, 15) is 9.90 Å². The molecule has 0 amide bonds. The lowest BCUT2D eigenvalue weighted by molar-refractivity contribution is 0.0812. The van der Waals surface area contributed by atoms with Crippen molar-refractivity contribution in [3.05, 3.63) is 50.5 Å². The summed E-state index contributed by atoms with van der Waals surface area (Å²) in [6.45, 7) is 3.22. The summed E-state index contributed by atoms with van der Waals surface area (Å²) < 4.78 is 1.47. The molecular weight excluding hydrogens is 401 g/mol. The second-order valence-corrected chi connectivity index (χ2v) is 8.04.